The van der Waals surface area contributed by atoms with Gasteiger partial charge in [-0.2, -0.15) is 0 Å². The van der Waals surface area contributed by atoms with E-state index in [1.807, 2.05) is 0 Å². The summed E-state index contributed by atoms with van der Waals surface area (Å²) in [5.41, 5.74) is 0. The number of hydrogen-bond donors (Lipinski definition) is 2. The van der Waals surface area contributed by atoms with Gasteiger partial charge in [-0.3, -0.25) is 0 Å². The molecule has 0 unspecified atom stereocenters. The molecule has 0 spiro atoms. The molecule has 0 bridgehead atoms. The average molecular weight is 238 g/mol. The maximum Gasteiger partial charge on any atom is 0.371 e. The van der Waals surface area contributed by atoms with Crippen LogP contribution in [0.15, 0.2) is 16.5 Å². The van der Waals surface area contributed by atoms with Gasteiger partial charge in [-0.1, -0.05) is 0 Å². The van der Waals surface area contributed by atoms with Gasteiger partial charge in [0.05, 0.1) is 6.54 Å². The van der Waals surface area contributed by atoms with E-state index in [-0.39, 0.29) is 5.76 Å². The minimum Gasteiger partial charge on any atom is -0.475 e. The lowest BCUT2D eigenvalue weighted by Crippen LogP contribution is -2.30. The summed E-state index contributed by atoms with van der Waals surface area (Å²) in [6.07, 6.45) is 2.63. The van der Waals surface area contributed by atoms with E-state index in [0.29, 0.717) is 12.3 Å². The molecule has 2 rings (SSSR count). The molecule has 1 aliphatic carbocycles. The number of carboxylic acids is 1. The third kappa shape index (κ3) is 3.57. The van der Waals surface area contributed by atoms with Gasteiger partial charge in [-0.15, -0.1) is 0 Å². The van der Waals surface area contributed by atoms with Crippen LogP contribution < -0.4 is 5.32 Å². The quantitative estimate of drug-likeness (QED) is 0.698. The van der Waals surface area contributed by atoms with Crippen LogP contribution in [0.25, 0.3) is 0 Å². The van der Waals surface area contributed by atoms with Crippen molar-refractivity contribution in [3.63, 3.8) is 0 Å². The Morgan fingerprint density at radius 3 is 2.94 bits per heavy atom. The zero-order chi connectivity index (χ0) is 12.3. The van der Waals surface area contributed by atoms with E-state index in [2.05, 4.69) is 17.3 Å². The van der Waals surface area contributed by atoms with Gasteiger partial charge >= 0.3 is 5.97 Å². The van der Waals surface area contributed by atoms with Crippen molar-refractivity contribution in [2.75, 3.05) is 20.1 Å². The zero-order valence-corrected chi connectivity index (χ0v) is 9.98. The Bertz CT molecular complexity index is 385. The molecule has 1 saturated carbocycles. The lowest BCUT2D eigenvalue weighted by Gasteiger charge is -2.15. The predicted molar refractivity (Wildman–Crippen MR) is 63.0 cm³/mol. The molecule has 0 aromatic carbocycles. The average Bonchev–Trinajstić information content (AvgIpc) is 3.03. The number of carboxylic acid groups (broad SMARTS) is 1. The Hall–Kier alpha value is -1.33. The second-order valence-electron chi connectivity index (χ2n) is 4.46. The summed E-state index contributed by atoms with van der Waals surface area (Å²) in [7, 11) is 2.13. The Morgan fingerprint density at radius 2 is 2.35 bits per heavy atom. The highest BCUT2D eigenvalue weighted by atomic mass is 16.4. The summed E-state index contributed by atoms with van der Waals surface area (Å²) in [4.78, 5) is 12.9. The maximum atomic E-state index is 10.6. The number of nitrogens with one attached hydrogen (secondary N) is 1. The van der Waals surface area contributed by atoms with Gasteiger partial charge in [0, 0.05) is 19.1 Å². The fourth-order valence-electron chi connectivity index (χ4n) is 1.75. The first kappa shape index (κ1) is 12.1. The molecule has 1 aliphatic rings. The van der Waals surface area contributed by atoms with Gasteiger partial charge in [0.15, 0.2) is 0 Å². The third-order valence-corrected chi connectivity index (χ3v) is 2.98. The SMILES string of the molecule is CN(CCNCc1ccc(C(=O)O)o1)C1CC1. The van der Waals surface area contributed by atoms with Crippen LogP contribution in [0.4, 0.5) is 0 Å². The number of rotatable bonds is 7. The lowest BCUT2D eigenvalue weighted by molar-refractivity contribution is 0.0660. The fourth-order valence-corrected chi connectivity index (χ4v) is 1.75. The Balaban J connectivity index is 1.65. The summed E-state index contributed by atoms with van der Waals surface area (Å²) in [5, 5.41) is 11.9. The van der Waals surface area contributed by atoms with Gasteiger partial charge in [-0.25, -0.2) is 4.79 Å². The molecule has 1 aromatic rings. The molecule has 0 saturated heterocycles. The van der Waals surface area contributed by atoms with Crippen molar-refractivity contribution in [2.45, 2.75) is 25.4 Å². The summed E-state index contributed by atoms with van der Waals surface area (Å²) < 4.78 is 5.14. The normalized spacial score (nSPS) is 15.4. The molecule has 0 amide bonds. The fraction of sp³-hybridized carbons (Fsp3) is 0.583. The van der Waals surface area contributed by atoms with Crippen molar-refractivity contribution in [1.82, 2.24) is 10.2 Å². The Labute approximate surface area is 100 Å². The summed E-state index contributed by atoms with van der Waals surface area (Å²) in [5.74, 6) is -0.363. The van der Waals surface area contributed by atoms with Crippen LogP contribution in [-0.2, 0) is 6.54 Å². The van der Waals surface area contributed by atoms with Crippen LogP contribution in [0, 0.1) is 0 Å². The topological polar surface area (TPSA) is 65.7 Å². The first-order chi connectivity index (χ1) is 8.16. The molecular weight excluding hydrogens is 220 g/mol. The molecule has 94 valence electrons. The Kier molecular flexibility index (Phi) is 3.81. The molecule has 1 aromatic heterocycles. The van der Waals surface area contributed by atoms with E-state index in [9.17, 15) is 4.79 Å². The van der Waals surface area contributed by atoms with Crippen molar-refractivity contribution >= 4 is 5.97 Å². The van der Waals surface area contributed by atoms with Crippen LogP contribution in [0.5, 0.6) is 0 Å². The standard InChI is InChI=1S/C12H18N2O3/c1-14(9-2-3-9)7-6-13-8-10-4-5-11(17-10)12(15)16/h4-5,9,13H,2-3,6-8H2,1H3,(H,15,16). The van der Waals surface area contributed by atoms with E-state index in [4.69, 9.17) is 9.52 Å². The van der Waals surface area contributed by atoms with Crippen LogP contribution in [0.3, 0.4) is 0 Å². The first-order valence-electron chi connectivity index (χ1n) is 5.90. The van der Waals surface area contributed by atoms with Crippen LogP contribution in [0.2, 0.25) is 0 Å². The number of furan rings is 1. The van der Waals surface area contributed by atoms with Gasteiger partial charge in [0.25, 0.3) is 0 Å². The highest BCUT2D eigenvalue weighted by Gasteiger charge is 2.25. The number of nitrogens with zero attached hydrogens (tertiary/aromatic N) is 1. The number of hydrogen-bond acceptors (Lipinski definition) is 4. The molecule has 0 atom stereocenters. The van der Waals surface area contributed by atoms with Crippen molar-refractivity contribution in [3.8, 4) is 0 Å². The van der Waals surface area contributed by atoms with Crippen LogP contribution in [0.1, 0.15) is 29.2 Å². The van der Waals surface area contributed by atoms with Gasteiger partial charge in [-0.05, 0) is 32.0 Å². The molecular formula is C12H18N2O3. The molecule has 1 heterocycles. The van der Waals surface area contributed by atoms with E-state index < -0.39 is 5.97 Å². The minimum absolute atomic E-state index is 0.00287. The van der Waals surface area contributed by atoms with Crippen molar-refractivity contribution < 1.29 is 14.3 Å². The zero-order valence-electron chi connectivity index (χ0n) is 9.98. The predicted octanol–water partition coefficient (Wildman–Crippen LogP) is 1.16. The number of likely N-dealkylation sites (N-methyl/N-ethyl adjacent to an activating group) is 1. The molecule has 0 radical (unpaired) electrons. The Morgan fingerprint density at radius 1 is 1.59 bits per heavy atom. The van der Waals surface area contributed by atoms with Gasteiger partial charge < -0.3 is 19.7 Å². The second kappa shape index (κ2) is 5.33. The molecule has 1 fully saturated rings. The van der Waals surface area contributed by atoms with Crippen LogP contribution >= 0.6 is 0 Å². The van der Waals surface area contributed by atoms with Gasteiger partial charge in [0.1, 0.15) is 5.76 Å². The number of aromatic carboxylic acids is 1. The maximum absolute atomic E-state index is 10.6. The monoisotopic (exact) mass is 238 g/mol. The minimum atomic E-state index is -1.02. The molecule has 0 aliphatic heterocycles. The molecule has 5 nitrogen and oxygen atoms in total. The number of carbonyl (C=O) groups is 1. The largest absolute Gasteiger partial charge is 0.475 e. The lowest BCUT2D eigenvalue weighted by atomic mass is 10.4. The third-order valence-electron chi connectivity index (χ3n) is 2.98. The second-order valence-corrected chi connectivity index (χ2v) is 4.46. The first-order valence-corrected chi connectivity index (χ1v) is 5.90. The highest BCUT2D eigenvalue weighted by molar-refractivity contribution is 5.84. The van der Waals surface area contributed by atoms with E-state index in [1.165, 1.54) is 18.9 Å². The molecule has 5 heteroatoms. The van der Waals surface area contributed by atoms with E-state index in [0.717, 1.165) is 19.1 Å². The molecule has 2 N–H and O–H groups in total. The summed E-state index contributed by atoms with van der Waals surface area (Å²) in [6.45, 7) is 2.47. The van der Waals surface area contributed by atoms with E-state index in [1.54, 1.807) is 6.07 Å². The summed E-state index contributed by atoms with van der Waals surface area (Å²) >= 11 is 0. The van der Waals surface area contributed by atoms with Crippen molar-refractivity contribution in [1.29, 1.82) is 0 Å². The van der Waals surface area contributed by atoms with Crippen LogP contribution in [-0.4, -0.2) is 42.2 Å². The molecule has 17 heavy (non-hydrogen) atoms. The van der Waals surface area contributed by atoms with E-state index >= 15 is 0 Å². The smallest absolute Gasteiger partial charge is 0.371 e. The van der Waals surface area contributed by atoms with Crippen molar-refractivity contribution in [2.24, 2.45) is 0 Å². The summed E-state index contributed by atoms with van der Waals surface area (Å²) in [6, 6.07) is 3.95. The van der Waals surface area contributed by atoms with Gasteiger partial charge in [0.2, 0.25) is 5.76 Å². The van der Waals surface area contributed by atoms with Crippen molar-refractivity contribution in [3.05, 3.63) is 23.7 Å². The highest BCUT2D eigenvalue weighted by Crippen LogP contribution is 2.24.